The number of nitrogens with two attached hydrogens (primary N) is 1. The van der Waals surface area contributed by atoms with Crippen molar-refractivity contribution in [2.75, 3.05) is 13.1 Å². The Morgan fingerprint density at radius 2 is 2.00 bits per heavy atom. The molecule has 0 bridgehead atoms. The smallest absolute Gasteiger partial charge is 0.329 e. The summed E-state index contributed by atoms with van der Waals surface area (Å²) >= 11 is 0. The molecule has 1 unspecified atom stereocenters. The molecule has 0 aliphatic carbocycles. The van der Waals surface area contributed by atoms with E-state index in [2.05, 4.69) is 4.90 Å². The van der Waals surface area contributed by atoms with E-state index in [0.29, 0.717) is 24.7 Å². The molecule has 1 atom stereocenters. The van der Waals surface area contributed by atoms with Gasteiger partial charge in [0.2, 0.25) is 0 Å². The van der Waals surface area contributed by atoms with Gasteiger partial charge in [-0.3, -0.25) is 4.90 Å². The van der Waals surface area contributed by atoms with E-state index in [0.717, 1.165) is 24.9 Å². The van der Waals surface area contributed by atoms with Crippen molar-refractivity contribution in [1.29, 1.82) is 0 Å². The van der Waals surface area contributed by atoms with Crippen molar-refractivity contribution in [2.45, 2.75) is 44.9 Å². The van der Waals surface area contributed by atoms with Crippen molar-refractivity contribution in [3.63, 3.8) is 0 Å². The van der Waals surface area contributed by atoms with Crippen LogP contribution >= 0.6 is 12.4 Å². The minimum atomic E-state index is -4.27. The van der Waals surface area contributed by atoms with Crippen LogP contribution in [-0.2, 0) is 12.7 Å². The van der Waals surface area contributed by atoms with Gasteiger partial charge < -0.3 is 5.73 Å². The van der Waals surface area contributed by atoms with E-state index < -0.39 is 11.7 Å². The molecule has 0 radical (unpaired) electrons. The maximum Gasteiger partial charge on any atom is 0.416 e. The first-order valence-corrected chi connectivity index (χ1v) is 7.02. The third kappa shape index (κ3) is 4.59. The zero-order chi connectivity index (χ0) is 14.8. The quantitative estimate of drug-likeness (QED) is 0.918. The first kappa shape index (κ1) is 18.3. The predicted molar refractivity (Wildman–Crippen MR) is 80.5 cm³/mol. The van der Waals surface area contributed by atoms with E-state index in [1.165, 1.54) is 18.6 Å². The minimum Gasteiger partial charge on any atom is -0.329 e. The second-order valence-corrected chi connectivity index (χ2v) is 5.49. The van der Waals surface area contributed by atoms with Crippen LogP contribution in [0.2, 0.25) is 0 Å². The normalized spacial score (nSPS) is 20.1. The number of piperidine rings is 1. The molecule has 0 saturated carbocycles. The van der Waals surface area contributed by atoms with Gasteiger partial charge >= 0.3 is 6.18 Å². The summed E-state index contributed by atoms with van der Waals surface area (Å²) in [4.78, 5) is 2.29. The Morgan fingerprint density at radius 1 is 1.29 bits per heavy atom. The van der Waals surface area contributed by atoms with E-state index in [-0.39, 0.29) is 12.4 Å². The fourth-order valence-corrected chi connectivity index (χ4v) is 2.80. The van der Waals surface area contributed by atoms with Crippen LogP contribution in [0.3, 0.4) is 0 Å². The van der Waals surface area contributed by atoms with Gasteiger partial charge in [0.05, 0.1) is 5.56 Å². The van der Waals surface area contributed by atoms with Crippen LogP contribution in [0.25, 0.3) is 0 Å². The molecule has 0 spiro atoms. The maximum absolute atomic E-state index is 12.6. The van der Waals surface area contributed by atoms with Gasteiger partial charge in [-0.05, 0) is 49.6 Å². The topological polar surface area (TPSA) is 29.3 Å². The summed E-state index contributed by atoms with van der Waals surface area (Å²) in [7, 11) is 0. The molecule has 1 fully saturated rings. The van der Waals surface area contributed by atoms with Gasteiger partial charge in [0.25, 0.3) is 0 Å². The van der Waals surface area contributed by atoms with Gasteiger partial charge in [0, 0.05) is 19.1 Å². The fourth-order valence-electron chi connectivity index (χ4n) is 2.80. The van der Waals surface area contributed by atoms with Crippen molar-refractivity contribution in [1.82, 2.24) is 4.90 Å². The monoisotopic (exact) mass is 322 g/mol. The second-order valence-electron chi connectivity index (χ2n) is 5.49. The summed E-state index contributed by atoms with van der Waals surface area (Å²) in [5.41, 5.74) is 6.85. The van der Waals surface area contributed by atoms with Crippen molar-refractivity contribution in [3.8, 4) is 0 Å². The molecule has 0 aromatic heterocycles. The van der Waals surface area contributed by atoms with Crippen LogP contribution in [0.5, 0.6) is 0 Å². The van der Waals surface area contributed by atoms with Gasteiger partial charge in [0.15, 0.2) is 0 Å². The number of benzene rings is 1. The number of halogens is 4. The molecule has 120 valence electrons. The van der Waals surface area contributed by atoms with E-state index in [1.807, 2.05) is 0 Å². The Labute approximate surface area is 129 Å². The summed E-state index contributed by atoms with van der Waals surface area (Å²) in [6.07, 6.45) is -0.870. The molecule has 6 heteroatoms. The standard InChI is InChI=1S/C15H21F3N2.ClH/c1-11-8-13(15(16,17)18)6-5-12(11)10-20-7-3-2-4-14(20)9-19;/h5-6,8,14H,2-4,7,9-10,19H2,1H3;1H. The Balaban J connectivity index is 0.00000220. The van der Waals surface area contributed by atoms with Crippen molar-refractivity contribution >= 4 is 12.4 Å². The van der Waals surface area contributed by atoms with Crippen LogP contribution in [0.15, 0.2) is 18.2 Å². The van der Waals surface area contributed by atoms with Crippen LogP contribution in [0.1, 0.15) is 36.0 Å². The number of rotatable bonds is 3. The van der Waals surface area contributed by atoms with E-state index >= 15 is 0 Å². The lowest BCUT2D eigenvalue weighted by Crippen LogP contribution is -2.43. The SMILES string of the molecule is Cc1cc(C(F)(F)F)ccc1CN1CCCCC1CN.Cl. The third-order valence-corrected chi connectivity index (χ3v) is 4.06. The molecular weight excluding hydrogens is 301 g/mol. The predicted octanol–water partition coefficient (Wildman–Crippen LogP) is 3.75. The van der Waals surface area contributed by atoms with Crippen LogP contribution in [-0.4, -0.2) is 24.0 Å². The Kier molecular flexibility index (Phi) is 6.50. The van der Waals surface area contributed by atoms with Gasteiger partial charge in [-0.2, -0.15) is 13.2 Å². The van der Waals surface area contributed by atoms with Crippen molar-refractivity contribution < 1.29 is 13.2 Å². The van der Waals surface area contributed by atoms with Crippen molar-refractivity contribution in [2.24, 2.45) is 5.73 Å². The molecule has 2 N–H and O–H groups in total. The highest BCUT2D eigenvalue weighted by molar-refractivity contribution is 5.85. The summed E-state index contributed by atoms with van der Waals surface area (Å²) in [5, 5.41) is 0. The zero-order valence-electron chi connectivity index (χ0n) is 12.1. The van der Waals surface area contributed by atoms with E-state index in [9.17, 15) is 13.2 Å². The molecular formula is C15H22ClF3N2. The highest BCUT2D eigenvalue weighted by atomic mass is 35.5. The molecule has 1 saturated heterocycles. The number of nitrogens with zero attached hydrogens (tertiary/aromatic N) is 1. The highest BCUT2D eigenvalue weighted by Gasteiger charge is 2.31. The average Bonchev–Trinajstić information content (AvgIpc) is 2.40. The van der Waals surface area contributed by atoms with Gasteiger partial charge in [0.1, 0.15) is 0 Å². The van der Waals surface area contributed by atoms with Gasteiger partial charge in [-0.25, -0.2) is 0 Å². The number of aryl methyl sites for hydroxylation is 1. The van der Waals surface area contributed by atoms with Gasteiger partial charge in [-0.1, -0.05) is 12.5 Å². The summed E-state index contributed by atoms with van der Waals surface area (Å²) in [6, 6.07) is 4.35. The molecule has 1 aromatic rings. The van der Waals surface area contributed by atoms with Crippen LogP contribution in [0, 0.1) is 6.92 Å². The number of hydrogen-bond donors (Lipinski definition) is 1. The molecule has 1 aliphatic heterocycles. The van der Waals surface area contributed by atoms with Gasteiger partial charge in [-0.15, -0.1) is 12.4 Å². The van der Waals surface area contributed by atoms with E-state index in [4.69, 9.17) is 5.73 Å². The summed E-state index contributed by atoms with van der Waals surface area (Å²) in [6.45, 7) is 4.01. The molecule has 21 heavy (non-hydrogen) atoms. The molecule has 1 aliphatic rings. The average molecular weight is 323 g/mol. The number of likely N-dealkylation sites (tertiary alicyclic amines) is 1. The number of hydrogen-bond acceptors (Lipinski definition) is 2. The highest BCUT2D eigenvalue weighted by Crippen LogP contribution is 2.31. The Morgan fingerprint density at radius 3 is 2.57 bits per heavy atom. The third-order valence-electron chi connectivity index (χ3n) is 4.06. The first-order chi connectivity index (χ1) is 9.41. The zero-order valence-corrected chi connectivity index (χ0v) is 12.9. The lowest BCUT2D eigenvalue weighted by atomic mass is 9.99. The summed E-state index contributed by atoms with van der Waals surface area (Å²) in [5.74, 6) is 0. The second kappa shape index (κ2) is 7.47. The van der Waals surface area contributed by atoms with E-state index in [1.54, 1.807) is 13.0 Å². The molecule has 1 heterocycles. The van der Waals surface area contributed by atoms with Crippen LogP contribution in [0.4, 0.5) is 13.2 Å². The Hall–Kier alpha value is -0.780. The first-order valence-electron chi connectivity index (χ1n) is 7.02. The molecule has 0 amide bonds. The van der Waals surface area contributed by atoms with Crippen LogP contribution < -0.4 is 5.73 Å². The lowest BCUT2D eigenvalue weighted by molar-refractivity contribution is -0.137. The molecule has 1 aromatic carbocycles. The molecule has 2 nitrogen and oxygen atoms in total. The lowest BCUT2D eigenvalue weighted by Gasteiger charge is -2.35. The number of alkyl halides is 3. The fraction of sp³-hybridized carbons (Fsp3) is 0.600. The largest absolute Gasteiger partial charge is 0.416 e. The minimum absolute atomic E-state index is 0. The maximum atomic E-state index is 12.6. The Bertz CT molecular complexity index is 463. The van der Waals surface area contributed by atoms with Crippen molar-refractivity contribution in [3.05, 3.63) is 34.9 Å². The molecule has 2 rings (SSSR count). The summed E-state index contributed by atoms with van der Waals surface area (Å²) < 4.78 is 37.9.